The highest BCUT2D eigenvalue weighted by molar-refractivity contribution is 6.31. The molecule has 1 aromatic carbocycles. The Bertz CT molecular complexity index is 512. The molecule has 1 N–H and O–H groups in total. The number of rotatable bonds is 4. The van der Waals surface area contributed by atoms with Crippen LogP contribution in [0.2, 0.25) is 5.02 Å². The van der Waals surface area contributed by atoms with Crippen LogP contribution in [0.15, 0.2) is 12.1 Å². The third kappa shape index (κ3) is 4.54. The van der Waals surface area contributed by atoms with Gasteiger partial charge in [-0.05, 0) is 31.4 Å². The number of nitrogens with zero attached hydrogens (tertiary/aromatic N) is 1. The summed E-state index contributed by atoms with van der Waals surface area (Å²) in [5, 5.41) is 3.85. The van der Waals surface area contributed by atoms with E-state index in [1.807, 2.05) is 17.9 Å². The molecule has 2 rings (SSSR count). The Kier molecular flexibility index (Phi) is 6.37. The Morgan fingerprint density at radius 1 is 1.23 bits per heavy atom. The Morgan fingerprint density at radius 3 is 2.50 bits per heavy atom. The van der Waals surface area contributed by atoms with E-state index in [9.17, 15) is 4.79 Å². The number of benzene rings is 1. The number of hydrogen-bond donors (Lipinski definition) is 1. The molecule has 4 nitrogen and oxygen atoms in total. The maximum Gasteiger partial charge on any atom is 0.241 e. The van der Waals surface area contributed by atoms with Gasteiger partial charge in [-0.3, -0.25) is 4.79 Å². The predicted octanol–water partition coefficient (Wildman–Crippen LogP) is 3.86. The number of likely N-dealkylation sites (tertiary alicyclic amines) is 1. The number of amides is 1. The number of carbonyl (C=O) groups is 1. The van der Waals surface area contributed by atoms with E-state index in [0.717, 1.165) is 37.2 Å². The number of aryl methyl sites for hydroxylation is 1. The van der Waals surface area contributed by atoms with Gasteiger partial charge in [0.15, 0.2) is 0 Å². The van der Waals surface area contributed by atoms with E-state index in [1.165, 1.54) is 19.3 Å². The number of methoxy groups -OCH3 is 1. The maximum absolute atomic E-state index is 12.4. The van der Waals surface area contributed by atoms with Gasteiger partial charge in [-0.2, -0.15) is 0 Å². The summed E-state index contributed by atoms with van der Waals surface area (Å²) in [5.74, 6) is 0.813. The molecular weight excluding hydrogens is 300 g/mol. The van der Waals surface area contributed by atoms with Crippen molar-refractivity contribution < 1.29 is 9.53 Å². The monoisotopic (exact) mass is 324 g/mol. The zero-order chi connectivity index (χ0) is 15.9. The summed E-state index contributed by atoms with van der Waals surface area (Å²) in [6.07, 6.45) is 5.95. The first-order valence-electron chi connectivity index (χ1n) is 7.97. The van der Waals surface area contributed by atoms with E-state index >= 15 is 0 Å². The highest BCUT2D eigenvalue weighted by atomic mass is 35.5. The first-order valence-corrected chi connectivity index (χ1v) is 8.35. The van der Waals surface area contributed by atoms with Crippen molar-refractivity contribution in [2.75, 3.05) is 32.1 Å². The first-order chi connectivity index (χ1) is 10.6. The topological polar surface area (TPSA) is 41.6 Å². The van der Waals surface area contributed by atoms with Crippen molar-refractivity contribution in [1.29, 1.82) is 0 Å². The third-order valence-electron chi connectivity index (χ3n) is 4.12. The molecule has 5 heteroatoms. The first kappa shape index (κ1) is 16.9. The number of ether oxygens (including phenoxy) is 1. The molecule has 1 heterocycles. The van der Waals surface area contributed by atoms with Gasteiger partial charge in [0.2, 0.25) is 5.91 Å². The van der Waals surface area contributed by atoms with Crippen LogP contribution in [0.1, 0.15) is 37.7 Å². The zero-order valence-electron chi connectivity index (χ0n) is 13.5. The predicted molar refractivity (Wildman–Crippen MR) is 90.9 cm³/mol. The minimum absolute atomic E-state index is 0.150. The van der Waals surface area contributed by atoms with Gasteiger partial charge in [-0.1, -0.05) is 30.9 Å². The van der Waals surface area contributed by atoms with Crippen molar-refractivity contribution in [3.05, 3.63) is 22.7 Å². The number of nitrogens with one attached hydrogen (secondary N) is 1. The highest BCUT2D eigenvalue weighted by Gasteiger charge is 2.15. The number of carbonyl (C=O) groups excluding carboxylic acids is 1. The summed E-state index contributed by atoms with van der Waals surface area (Å²) >= 11 is 6.10. The van der Waals surface area contributed by atoms with Crippen molar-refractivity contribution in [1.82, 2.24) is 4.90 Å². The average molecular weight is 325 g/mol. The quantitative estimate of drug-likeness (QED) is 0.914. The van der Waals surface area contributed by atoms with Gasteiger partial charge in [-0.15, -0.1) is 0 Å². The van der Waals surface area contributed by atoms with E-state index in [4.69, 9.17) is 16.3 Å². The molecule has 1 aromatic rings. The lowest BCUT2D eigenvalue weighted by Gasteiger charge is -2.25. The van der Waals surface area contributed by atoms with Gasteiger partial charge in [0.25, 0.3) is 0 Å². The van der Waals surface area contributed by atoms with Gasteiger partial charge >= 0.3 is 0 Å². The molecule has 0 radical (unpaired) electrons. The fraction of sp³-hybridized carbons (Fsp3) is 0.588. The van der Waals surface area contributed by atoms with Crippen LogP contribution in [0.3, 0.4) is 0 Å². The van der Waals surface area contributed by atoms with Crippen LogP contribution in [0, 0.1) is 6.92 Å². The lowest BCUT2D eigenvalue weighted by atomic mass is 10.1. The van der Waals surface area contributed by atoms with Crippen molar-refractivity contribution in [3.63, 3.8) is 0 Å². The van der Waals surface area contributed by atoms with E-state index in [0.29, 0.717) is 10.8 Å². The Morgan fingerprint density at radius 2 is 1.86 bits per heavy atom. The van der Waals surface area contributed by atoms with E-state index < -0.39 is 0 Å². The molecule has 1 aliphatic rings. The molecule has 1 amide bonds. The largest absolute Gasteiger partial charge is 0.495 e. The lowest BCUT2D eigenvalue weighted by Crippen LogP contribution is -2.37. The van der Waals surface area contributed by atoms with Crippen LogP contribution >= 0.6 is 11.6 Å². The van der Waals surface area contributed by atoms with Crippen LogP contribution in [0.4, 0.5) is 5.69 Å². The fourth-order valence-corrected chi connectivity index (χ4v) is 2.90. The van der Waals surface area contributed by atoms with E-state index in [2.05, 4.69) is 5.32 Å². The third-order valence-corrected chi connectivity index (χ3v) is 4.53. The van der Waals surface area contributed by atoms with Crippen molar-refractivity contribution in [2.45, 2.75) is 39.0 Å². The van der Waals surface area contributed by atoms with Crippen molar-refractivity contribution >= 4 is 23.2 Å². The molecule has 0 bridgehead atoms. The van der Waals surface area contributed by atoms with Crippen LogP contribution < -0.4 is 10.1 Å². The molecule has 1 aliphatic heterocycles. The van der Waals surface area contributed by atoms with Gasteiger partial charge in [0, 0.05) is 24.2 Å². The Hall–Kier alpha value is -1.42. The molecule has 0 aliphatic carbocycles. The molecule has 0 aromatic heterocycles. The lowest BCUT2D eigenvalue weighted by molar-refractivity contribution is -0.129. The number of hydrogen-bond acceptors (Lipinski definition) is 3. The van der Waals surface area contributed by atoms with Gasteiger partial charge < -0.3 is 15.0 Å². The van der Waals surface area contributed by atoms with Gasteiger partial charge in [-0.25, -0.2) is 0 Å². The van der Waals surface area contributed by atoms with E-state index in [-0.39, 0.29) is 12.5 Å². The van der Waals surface area contributed by atoms with Crippen LogP contribution in [-0.4, -0.2) is 37.6 Å². The second-order valence-corrected chi connectivity index (χ2v) is 6.21. The van der Waals surface area contributed by atoms with Crippen molar-refractivity contribution in [2.24, 2.45) is 0 Å². The highest BCUT2D eigenvalue weighted by Crippen LogP contribution is 2.30. The molecule has 122 valence electrons. The maximum atomic E-state index is 12.4. The van der Waals surface area contributed by atoms with Crippen LogP contribution in [-0.2, 0) is 4.79 Å². The Labute approximate surface area is 137 Å². The molecule has 0 unspecified atom stereocenters. The minimum atomic E-state index is 0.150. The minimum Gasteiger partial charge on any atom is -0.495 e. The molecule has 0 saturated carbocycles. The summed E-state index contributed by atoms with van der Waals surface area (Å²) in [4.78, 5) is 14.4. The van der Waals surface area contributed by atoms with Crippen LogP contribution in [0.5, 0.6) is 5.75 Å². The molecular formula is C17H25ClN2O2. The summed E-state index contributed by atoms with van der Waals surface area (Å²) in [5.41, 5.74) is 1.77. The SMILES string of the molecule is COc1cc(Cl)c(C)cc1NCC(=O)N1CCCCCCC1. The molecule has 0 atom stereocenters. The zero-order valence-corrected chi connectivity index (χ0v) is 14.2. The van der Waals surface area contributed by atoms with Gasteiger partial charge in [0.05, 0.1) is 19.3 Å². The summed E-state index contributed by atoms with van der Waals surface area (Å²) in [6.45, 7) is 3.97. The Balaban J connectivity index is 1.96. The van der Waals surface area contributed by atoms with E-state index in [1.54, 1.807) is 13.2 Å². The van der Waals surface area contributed by atoms with Crippen LogP contribution in [0.25, 0.3) is 0 Å². The smallest absolute Gasteiger partial charge is 0.241 e. The number of anilines is 1. The summed E-state index contributed by atoms with van der Waals surface area (Å²) < 4.78 is 5.32. The molecule has 0 spiro atoms. The molecule has 1 saturated heterocycles. The number of halogens is 1. The van der Waals surface area contributed by atoms with Gasteiger partial charge in [0.1, 0.15) is 5.75 Å². The van der Waals surface area contributed by atoms with Crippen molar-refractivity contribution in [3.8, 4) is 5.75 Å². The second-order valence-electron chi connectivity index (χ2n) is 5.80. The summed E-state index contributed by atoms with van der Waals surface area (Å²) in [6, 6.07) is 3.70. The fourth-order valence-electron chi connectivity index (χ4n) is 2.75. The normalized spacial score (nSPS) is 15.9. The molecule has 1 fully saturated rings. The summed E-state index contributed by atoms with van der Waals surface area (Å²) in [7, 11) is 1.60. The standard InChI is InChI=1S/C17H25ClN2O2/c1-13-10-15(16(22-2)11-14(13)18)19-12-17(21)20-8-6-4-3-5-7-9-20/h10-11,19H,3-9,12H2,1-2H3. The second kappa shape index (κ2) is 8.28. The average Bonchev–Trinajstić information content (AvgIpc) is 2.47. The molecule has 22 heavy (non-hydrogen) atoms.